The molecule has 0 aliphatic carbocycles. The highest BCUT2D eigenvalue weighted by atomic mass is 32.2. The minimum Gasteiger partial charge on any atom is -0.379 e. The Morgan fingerprint density at radius 3 is 2.68 bits per heavy atom. The van der Waals surface area contributed by atoms with Gasteiger partial charge in [0, 0.05) is 43.4 Å². The second kappa shape index (κ2) is 9.19. The number of rotatable bonds is 5. The van der Waals surface area contributed by atoms with Crippen LogP contribution in [0.1, 0.15) is 12.0 Å². The number of nitrogens with zero attached hydrogens (tertiary/aromatic N) is 2. The van der Waals surface area contributed by atoms with Crippen LogP contribution in [-0.2, 0) is 14.8 Å². The molecule has 0 spiro atoms. The zero-order chi connectivity index (χ0) is 17.5. The summed E-state index contributed by atoms with van der Waals surface area (Å²) in [7, 11) is -3.42. The van der Waals surface area contributed by atoms with E-state index < -0.39 is 10.0 Å². The number of morpholine rings is 1. The van der Waals surface area contributed by atoms with Crippen molar-refractivity contribution in [1.29, 1.82) is 0 Å². The molecule has 0 bridgehead atoms. The van der Waals surface area contributed by atoms with Gasteiger partial charge < -0.3 is 4.74 Å². The SMILES string of the molecule is O=S(=O)(/C=C/c1ccccc1)N1CCCSC[C@@H]1CN1CCOCC1. The third kappa shape index (κ3) is 5.56. The second-order valence-electron chi connectivity index (χ2n) is 6.36. The van der Waals surface area contributed by atoms with E-state index in [1.165, 1.54) is 5.41 Å². The fourth-order valence-corrected chi connectivity index (χ4v) is 5.75. The normalized spacial score (nSPS) is 24.4. The Kier molecular flexibility index (Phi) is 6.95. The van der Waals surface area contributed by atoms with Crippen molar-refractivity contribution in [3.8, 4) is 0 Å². The molecule has 2 aliphatic heterocycles. The standard InChI is InChI=1S/C18H26N2O3S2/c21-25(22,14-7-17-5-2-1-3-6-17)20-8-4-13-24-16-18(20)15-19-9-11-23-12-10-19/h1-3,5-7,14,18H,4,8-13,15-16H2/b14-7+/t18-/m0/s1. The maximum atomic E-state index is 13.0. The molecule has 2 fully saturated rings. The minimum absolute atomic E-state index is 0.0241. The topological polar surface area (TPSA) is 49.9 Å². The molecule has 2 heterocycles. The van der Waals surface area contributed by atoms with E-state index in [1.807, 2.05) is 42.1 Å². The maximum absolute atomic E-state index is 13.0. The molecule has 138 valence electrons. The van der Waals surface area contributed by atoms with E-state index >= 15 is 0 Å². The number of hydrogen-bond donors (Lipinski definition) is 0. The molecule has 1 aromatic rings. The van der Waals surface area contributed by atoms with Crippen LogP contribution in [-0.4, -0.2) is 74.6 Å². The molecular weight excluding hydrogens is 356 g/mol. The Hall–Kier alpha value is -0.860. The van der Waals surface area contributed by atoms with E-state index in [4.69, 9.17) is 4.74 Å². The van der Waals surface area contributed by atoms with Crippen molar-refractivity contribution in [2.75, 3.05) is 50.9 Å². The van der Waals surface area contributed by atoms with Gasteiger partial charge in [0.15, 0.2) is 0 Å². The summed E-state index contributed by atoms with van der Waals surface area (Å²) in [6, 6.07) is 9.60. The van der Waals surface area contributed by atoms with Crippen molar-refractivity contribution < 1.29 is 13.2 Å². The Morgan fingerprint density at radius 1 is 1.16 bits per heavy atom. The van der Waals surface area contributed by atoms with E-state index in [-0.39, 0.29) is 6.04 Å². The van der Waals surface area contributed by atoms with Crippen LogP contribution in [0.25, 0.3) is 6.08 Å². The summed E-state index contributed by atoms with van der Waals surface area (Å²) in [5.74, 6) is 1.88. The summed E-state index contributed by atoms with van der Waals surface area (Å²) in [5, 5.41) is 1.37. The van der Waals surface area contributed by atoms with Crippen LogP contribution < -0.4 is 0 Å². The molecule has 0 radical (unpaired) electrons. The van der Waals surface area contributed by atoms with Crippen molar-refractivity contribution in [3.05, 3.63) is 41.3 Å². The highest BCUT2D eigenvalue weighted by molar-refractivity contribution is 7.99. The van der Waals surface area contributed by atoms with E-state index in [0.717, 1.165) is 56.3 Å². The van der Waals surface area contributed by atoms with Crippen molar-refractivity contribution in [3.63, 3.8) is 0 Å². The Morgan fingerprint density at radius 2 is 1.92 bits per heavy atom. The third-order valence-corrected chi connectivity index (χ3v) is 7.33. The van der Waals surface area contributed by atoms with Crippen LogP contribution >= 0.6 is 11.8 Å². The fourth-order valence-electron chi connectivity index (χ4n) is 3.17. The van der Waals surface area contributed by atoms with Gasteiger partial charge in [-0.05, 0) is 23.8 Å². The fraction of sp³-hybridized carbons (Fsp3) is 0.556. The van der Waals surface area contributed by atoms with Crippen molar-refractivity contribution in [2.45, 2.75) is 12.5 Å². The zero-order valence-electron chi connectivity index (χ0n) is 14.4. The van der Waals surface area contributed by atoms with Crippen LogP contribution in [0.4, 0.5) is 0 Å². The highest BCUT2D eigenvalue weighted by Crippen LogP contribution is 2.22. The maximum Gasteiger partial charge on any atom is 0.236 e. The van der Waals surface area contributed by atoms with Gasteiger partial charge in [-0.2, -0.15) is 16.1 Å². The smallest absolute Gasteiger partial charge is 0.236 e. The quantitative estimate of drug-likeness (QED) is 0.781. The molecule has 7 heteroatoms. The van der Waals surface area contributed by atoms with Crippen LogP contribution in [0, 0.1) is 0 Å². The lowest BCUT2D eigenvalue weighted by Crippen LogP contribution is -2.49. The van der Waals surface area contributed by atoms with Crippen LogP contribution in [0.2, 0.25) is 0 Å². The summed E-state index contributed by atoms with van der Waals surface area (Å²) < 4.78 is 33.0. The average molecular weight is 383 g/mol. The Balaban J connectivity index is 1.73. The molecular formula is C18H26N2O3S2. The molecule has 0 aromatic heterocycles. The summed E-state index contributed by atoms with van der Waals surface area (Å²) in [6.07, 6.45) is 2.60. The van der Waals surface area contributed by atoms with Gasteiger partial charge in [0.1, 0.15) is 0 Å². The minimum atomic E-state index is -3.42. The number of benzene rings is 1. The predicted molar refractivity (Wildman–Crippen MR) is 104 cm³/mol. The molecule has 1 aromatic carbocycles. The van der Waals surface area contributed by atoms with Gasteiger partial charge in [-0.3, -0.25) is 4.90 Å². The zero-order valence-corrected chi connectivity index (χ0v) is 16.1. The Labute approximate surface area is 155 Å². The van der Waals surface area contributed by atoms with Crippen LogP contribution in [0.15, 0.2) is 35.7 Å². The molecule has 1 atom stereocenters. The monoisotopic (exact) mass is 382 g/mol. The highest BCUT2D eigenvalue weighted by Gasteiger charge is 2.31. The van der Waals surface area contributed by atoms with Crippen molar-refractivity contribution in [2.24, 2.45) is 0 Å². The molecule has 0 unspecified atom stereocenters. The number of thioether (sulfide) groups is 1. The van der Waals surface area contributed by atoms with Gasteiger partial charge in [0.2, 0.25) is 10.0 Å². The molecule has 0 saturated carbocycles. The predicted octanol–water partition coefficient (Wildman–Crippen LogP) is 2.13. The molecule has 5 nitrogen and oxygen atoms in total. The van der Waals surface area contributed by atoms with Gasteiger partial charge in [0.25, 0.3) is 0 Å². The summed E-state index contributed by atoms with van der Waals surface area (Å²) in [6.45, 7) is 4.63. The largest absolute Gasteiger partial charge is 0.379 e. The molecule has 3 rings (SSSR count). The lowest BCUT2D eigenvalue weighted by atomic mass is 10.2. The van der Waals surface area contributed by atoms with Crippen LogP contribution in [0.3, 0.4) is 0 Å². The first kappa shape index (κ1) is 18.9. The first-order valence-corrected chi connectivity index (χ1v) is 11.4. The second-order valence-corrected chi connectivity index (χ2v) is 9.29. The molecule has 2 aliphatic rings. The van der Waals surface area contributed by atoms with Crippen molar-refractivity contribution in [1.82, 2.24) is 9.21 Å². The Bertz CT molecular complexity index is 658. The first-order chi connectivity index (χ1) is 12.1. The number of ether oxygens (including phenoxy) is 1. The lowest BCUT2D eigenvalue weighted by molar-refractivity contribution is 0.0309. The average Bonchev–Trinajstić information content (AvgIpc) is 2.88. The molecule has 0 N–H and O–H groups in total. The third-order valence-electron chi connectivity index (χ3n) is 4.52. The van der Waals surface area contributed by atoms with Gasteiger partial charge in [-0.1, -0.05) is 30.3 Å². The van der Waals surface area contributed by atoms with Gasteiger partial charge in [-0.15, -0.1) is 0 Å². The molecule has 0 amide bonds. The summed E-state index contributed by atoms with van der Waals surface area (Å²) >= 11 is 1.86. The molecule has 25 heavy (non-hydrogen) atoms. The van der Waals surface area contributed by atoms with E-state index in [2.05, 4.69) is 4.90 Å². The first-order valence-electron chi connectivity index (χ1n) is 8.78. The lowest BCUT2D eigenvalue weighted by Gasteiger charge is -2.34. The van der Waals surface area contributed by atoms with Gasteiger partial charge in [-0.25, -0.2) is 8.42 Å². The van der Waals surface area contributed by atoms with Crippen LogP contribution in [0.5, 0.6) is 0 Å². The summed E-state index contributed by atoms with van der Waals surface area (Å²) in [4.78, 5) is 2.32. The summed E-state index contributed by atoms with van der Waals surface area (Å²) in [5.41, 5.74) is 0.903. The van der Waals surface area contributed by atoms with Crippen molar-refractivity contribution >= 4 is 27.9 Å². The van der Waals surface area contributed by atoms with Gasteiger partial charge >= 0.3 is 0 Å². The number of sulfonamides is 1. The van der Waals surface area contributed by atoms with E-state index in [9.17, 15) is 8.42 Å². The van der Waals surface area contributed by atoms with E-state index in [1.54, 1.807) is 10.4 Å². The van der Waals surface area contributed by atoms with E-state index in [0.29, 0.717) is 6.54 Å². The number of hydrogen-bond acceptors (Lipinski definition) is 5. The van der Waals surface area contributed by atoms with Gasteiger partial charge in [0.05, 0.1) is 13.2 Å². The molecule has 2 saturated heterocycles.